The van der Waals surface area contributed by atoms with E-state index in [9.17, 15) is 0 Å². The minimum Gasteiger partial charge on any atom is -0.328 e. The van der Waals surface area contributed by atoms with Crippen LogP contribution in [0.3, 0.4) is 0 Å². The van der Waals surface area contributed by atoms with Crippen molar-refractivity contribution in [1.82, 2.24) is 9.78 Å². The highest BCUT2D eigenvalue weighted by atomic mass is 35.5. The van der Waals surface area contributed by atoms with Gasteiger partial charge < -0.3 is 5.73 Å². The lowest BCUT2D eigenvalue weighted by Gasteiger charge is -2.25. The summed E-state index contributed by atoms with van der Waals surface area (Å²) < 4.78 is 2.06. The van der Waals surface area contributed by atoms with Gasteiger partial charge in [0.25, 0.3) is 0 Å². The fraction of sp³-hybridized carbons (Fsp3) is 0.750. The van der Waals surface area contributed by atoms with E-state index in [0.717, 1.165) is 37.3 Å². The molecule has 1 aliphatic carbocycles. The fourth-order valence-electron chi connectivity index (χ4n) is 2.85. The van der Waals surface area contributed by atoms with Gasteiger partial charge >= 0.3 is 0 Å². The Labute approximate surface area is 102 Å². The van der Waals surface area contributed by atoms with E-state index in [2.05, 4.69) is 23.6 Å². The molecule has 0 spiro atoms. The maximum absolute atomic E-state index is 6.27. The second-order valence-electron chi connectivity index (χ2n) is 5.13. The van der Waals surface area contributed by atoms with Gasteiger partial charge in [-0.3, -0.25) is 4.68 Å². The second kappa shape index (κ2) is 4.38. The minimum absolute atomic E-state index is 0.113. The van der Waals surface area contributed by atoms with Crippen molar-refractivity contribution in [3.05, 3.63) is 16.9 Å². The van der Waals surface area contributed by atoms with Gasteiger partial charge in [0.15, 0.2) is 0 Å². The van der Waals surface area contributed by atoms with Crippen molar-refractivity contribution < 1.29 is 0 Å². The molecule has 16 heavy (non-hydrogen) atoms. The van der Waals surface area contributed by atoms with E-state index in [1.54, 1.807) is 6.20 Å². The first-order valence-corrected chi connectivity index (χ1v) is 6.42. The lowest BCUT2D eigenvalue weighted by molar-refractivity contribution is 0.421. The average Bonchev–Trinajstić information content (AvgIpc) is 2.73. The molecule has 1 aliphatic rings. The van der Waals surface area contributed by atoms with E-state index in [1.807, 2.05) is 0 Å². The largest absolute Gasteiger partial charge is 0.328 e. The summed E-state index contributed by atoms with van der Waals surface area (Å²) in [5.74, 6) is 0. The molecule has 4 heteroatoms. The van der Waals surface area contributed by atoms with Crippen LogP contribution in [0, 0.1) is 0 Å². The average molecular weight is 242 g/mol. The van der Waals surface area contributed by atoms with Gasteiger partial charge in [-0.2, -0.15) is 5.10 Å². The van der Waals surface area contributed by atoms with Crippen LogP contribution in [0.5, 0.6) is 0 Å². The standard InChI is InChI=1S/C12H20ClN3/c1-3-6-16-11(10(13)8-15-16)12(2)5-4-9(14)7-12/h8-9H,3-7,14H2,1-2H3. The number of rotatable bonds is 3. The second-order valence-corrected chi connectivity index (χ2v) is 5.53. The minimum atomic E-state index is 0.113. The van der Waals surface area contributed by atoms with Gasteiger partial charge in [0.2, 0.25) is 0 Å². The highest BCUT2D eigenvalue weighted by Gasteiger charge is 2.38. The predicted octanol–water partition coefficient (Wildman–Crippen LogP) is 2.72. The summed E-state index contributed by atoms with van der Waals surface area (Å²) in [6.07, 6.45) is 6.06. The van der Waals surface area contributed by atoms with Crippen molar-refractivity contribution >= 4 is 11.6 Å². The van der Waals surface area contributed by atoms with Crippen molar-refractivity contribution in [2.24, 2.45) is 5.73 Å². The fourth-order valence-corrected chi connectivity index (χ4v) is 3.21. The molecule has 0 amide bonds. The number of aryl methyl sites for hydroxylation is 1. The zero-order valence-electron chi connectivity index (χ0n) is 10.0. The first-order valence-electron chi connectivity index (χ1n) is 6.04. The maximum atomic E-state index is 6.27. The lowest BCUT2D eigenvalue weighted by atomic mass is 9.84. The Morgan fingerprint density at radius 1 is 1.69 bits per heavy atom. The molecule has 1 saturated carbocycles. The van der Waals surface area contributed by atoms with Crippen LogP contribution < -0.4 is 5.73 Å². The summed E-state index contributed by atoms with van der Waals surface area (Å²) in [6.45, 7) is 5.35. The van der Waals surface area contributed by atoms with Crippen molar-refractivity contribution in [2.75, 3.05) is 0 Å². The predicted molar refractivity (Wildman–Crippen MR) is 66.7 cm³/mol. The van der Waals surface area contributed by atoms with Crippen molar-refractivity contribution in [2.45, 2.75) is 57.5 Å². The molecule has 0 saturated heterocycles. The SMILES string of the molecule is CCCn1ncc(Cl)c1C1(C)CCC(N)C1. The Morgan fingerprint density at radius 3 is 3.00 bits per heavy atom. The Kier molecular flexibility index (Phi) is 3.27. The number of hydrogen-bond acceptors (Lipinski definition) is 2. The van der Waals surface area contributed by atoms with Crippen LogP contribution >= 0.6 is 11.6 Å². The number of aromatic nitrogens is 2. The van der Waals surface area contributed by atoms with Gasteiger partial charge in [0.1, 0.15) is 0 Å². The number of nitrogens with two attached hydrogens (primary N) is 1. The molecule has 2 atom stereocenters. The van der Waals surface area contributed by atoms with Crippen LogP contribution in [0.25, 0.3) is 0 Å². The third kappa shape index (κ3) is 1.98. The van der Waals surface area contributed by atoms with Gasteiger partial charge in [0, 0.05) is 18.0 Å². The molecule has 2 rings (SSSR count). The molecule has 0 aliphatic heterocycles. The molecule has 90 valence electrons. The molecule has 3 nitrogen and oxygen atoms in total. The molecule has 1 heterocycles. The van der Waals surface area contributed by atoms with Crippen LogP contribution in [0.2, 0.25) is 5.02 Å². The highest BCUT2D eigenvalue weighted by molar-refractivity contribution is 6.31. The summed E-state index contributed by atoms with van der Waals surface area (Å²) in [6, 6.07) is 0.311. The first-order chi connectivity index (χ1) is 7.57. The van der Waals surface area contributed by atoms with Crippen molar-refractivity contribution in [3.63, 3.8) is 0 Å². The molecule has 0 bridgehead atoms. The summed E-state index contributed by atoms with van der Waals surface area (Å²) in [4.78, 5) is 0. The maximum Gasteiger partial charge on any atom is 0.0823 e. The van der Waals surface area contributed by atoms with Crippen LogP contribution in [-0.4, -0.2) is 15.8 Å². The van der Waals surface area contributed by atoms with Gasteiger partial charge in [0.05, 0.1) is 16.9 Å². The summed E-state index contributed by atoms with van der Waals surface area (Å²) >= 11 is 6.27. The molecular weight excluding hydrogens is 222 g/mol. The summed E-state index contributed by atoms with van der Waals surface area (Å²) in [7, 11) is 0. The van der Waals surface area contributed by atoms with E-state index >= 15 is 0 Å². The monoisotopic (exact) mass is 241 g/mol. The molecule has 0 radical (unpaired) electrons. The molecule has 2 N–H and O–H groups in total. The zero-order valence-corrected chi connectivity index (χ0v) is 10.8. The van der Waals surface area contributed by atoms with Gasteiger partial charge in [-0.05, 0) is 25.7 Å². The van der Waals surface area contributed by atoms with Crippen LogP contribution in [0.4, 0.5) is 0 Å². The Morgan fingerprint density at radius 2 is 2.44 bits per heavy atom. The molecule has 1 fully saturated rings. The smallest absolute Gasteiger partial charge is 0.0823 e. The van der Waals surface area contributed by atoms with Crippen molar-refractivity contribution in [3.8, 4) is 0 Å². The molecule has 2 unspecified atom stereocenters. The zero-order chi connectivity index (χ0) is 11.8. The van der Waals surface area contributed by atoms with Crippen molar-refractivity contribution in [1.29, 1.82) is 0 Å². The topological polar surface area (TPSA) is 43.8 Å². The van der Waals surface area contributed by atoms with Crippen LogP contribution in [-0.2, 0) is 12.0 Å². The third-order valence-corrected chi connectivity index (χ3v) is 3.86. The van der Waals surface area contributed by atoms with Crippen LogP contribution in [0.15, 0.2) is 6.20 Å². The molecule has 1 aromatic heterocycles. The first kappa shape index (κ1) is 11.9. The van der Waals surface area contributed by atoms with Gasteiger partial charge in [-0.25, -0.2) is 0 Å². The summed E-state index contributed by atoms with van der Waals surface area (Å²) in [5, 5.41) is 5.16. The number of halogens is 1. The van der Waals surface area contributed by atoms with Gasteiger partial charge in [-0.15, -0.1) is 0 Å². The van der Waals surface area contributed by atoms with E-state index in [0.29, 0.717) is 6.04 Å². The molecule has 0 aromatic carbocycles. The van der Waals surface area contributed by atoms with E-state index in [1.165, 1.54) is 5.69 Å². The van der Waals surface area contributed by atoms with E-state index < -0.39 is 0 Å². The number of nitrogens with zero attached hydrogens (tertiary/aromatic N) is 2. The van der Waals surface area contributed by atoms with E-state index in [4.69, 9.17) is 17.3 Å². The van der Waals surface area contributed by atoms with Crippen LogP contribution in [0.1, 0.15) is 45.2 Å². The Hall–Kier alpha value is -0.540. The number of hydrogen-bond donors (Lipinski definition) is 1. The summed E-state index contributed by atoms with van der Waals surface area (Å²) in [5.41, 5.74) is 7.32. The quantitative estimate of drug-likeness (QED) is 0.884. The lowest BCUT2D eigenvalue weighted by Crippen LogP contribution is -2.26. The Bertz CT molecular complexity index is 374. The Balaban J connectivity index is 2.34. The van der Waals surface area contributed by atoms with E-state index in [-0.39, 0.29) is 5.41 Å². The van der Waals surface area contributed by atoms with Gasteiger partial charge in [-0.1, -0.05) is 25.4 Å². The molecular formula is C12H20ClN3. The highest BCUT2D eigenvalue weighted by Crippen LogP contribution is 2.42. The molecule has 1 aromatic rings. The third-order valence-electron chi connectivity index (χ3n) is 3.58. The normalized spacial score (nSPS) is 29.9.